The number of hydrogen-bond acceptors (Lipinski definition) is 9. The van der Waals surface area contributed by atoms with E-state index in [0.29, 0.717) is 0 Å². The maximum Gasteiger partial charge on any atom is 0.178 e. The molecule has 0 aliphatic rings. The van der Waals surface area contributed by atoms with E-state index in [0.717, 1.165) is 10.1 Å². The fourth-order valence-electron chi connectivity index (χ4n) is 1.74. The van der Waals surface area contributed by atoms with Crippen LogP contribution in [0.25, 0.3) is 0 Å². The van der Waals surface area contributed by atoms with Gasteiger partial charge in [0.05, 0.1) is 25.4 Å². The van der Waals surface area contributed by atoms with Gasteiger partial charge in [-0.1, -0.05) is 0 Å². The van der Waals surface area contributed by atoms with Gasteiger partial charge < -0.3 is 20.4 Å². The van der Waals surface area contributed by atoms with Gasteiger partial charge in [-0.25, -0.2) is 10.0 Å². The number of aliphatic hydroxyl groups is 4. The van der Waals surface area contributed by atoms with Crippen molar-refractivity contribution in [3.8, 4) is 0 Å². The van der Waals surface area contributed by atoms with E-state index in [1.165, 1.54) is 12.3 Å². The molecule has 22 heavy (non-hydrogen) atoms. The fourth-order valence-corrected chi connectivity index (χ4v) is 1.74. The Bertz CT molecular complexity index is 397. The van der Waals surface area contributed by atoms with Crippen LogP contribution < -0.4 is 10.1 Å². The molecule has 1 aromatic rings. The maximum absolute atomic E-state index is 9.99. The molecule has 2 unspecified atom stereocenters. The van der Waals surface area contributed by atoms with E-state index >= 15 is 0 Å². The molecule has 1 aromatic heterocycles. The third kappa shape index (κ3) is 5.72. The van der Waals surface area contributed by atoms with Gasteiger partial charge in [0.15, 0.2) is 5.82 Å². The van der Waals surface area contributed by atoms with Crippen molar-refractivity contribution in [1.82, 2.24) is 4.98 Å². The molecule has 1 rings (SSSR count). The zero-order chi connectivity index (χ0) is 16.5. The number of anilines is 2. The zero-order valence-corrected chi connectivity index (χ0v) is 12.2. The van der Waals surface area contributed by atoms with Gasteiger partial charge >= 0.3 is 0 Å². The second-order valence-corrected chi connectivity index (χ2v) is 4.84. The molecule has 0 saturated carbocycles. The van der Waals surface area contributed by atoms with E-state index < -0.39 is 25.4 Å². The maximum atomic E-state index is 9.99. The fraction of sp³-hybridized carbons (Fsp3) is 0.615. The first-order valence-electron chi connectivity index (χ1n) is 6.95. The van der Waals surface area contributed by atoms with E-state index in [1.807, 2.05) is 0 Å². The molecule has 0 fully saturated rings. The molecule has 0 spiro atoms. The van der Waals surface area contributed by atoms with Gasteiger partial charge in [0.2, 0.25) is 0 Å². The molecule has 0 amide bonds. The average molecular weight is 317 g/mol. The van der Waals surface area contributed by atoms with Crippen LogP contribution >= 0.6 is 0 Å². The lowest BCUT2D eigenvalue weighted by atomic mass is 10.2. The van der Waals surface area contributed by atoms with E-state index in [-0.39, 0.29) is 37.4 Å². The summed E-state index contributed by atoms with van der Waals surface area (Å²) in [5, 5.41) is 57.6. The van der Waals surface area contributed by atoms with Crippen molar-refractivity contribution in [2.75, 3.05) is 36.4 Å². The van der Waals surface area contributed by atoms with Crippen LogP contribution in [0.4, 0.5) is 11.5 Å². The monoisotopic (exact) mass is 317 g/mol. The van der Waals surface area contributed by atoms with Crippen LogP contribution in [0, 0.1) is 0 Å². The minimum Gasteiger partial charge on any atom is -0.394 e. The largest absolute Gasteiger partial charge is 0.394 e. The second-order valence-electron chi connectivity index (χ2n) is 4.84. The van der Waals surface area contributed by atoms with E-state index in [2.05, 4.69) is 4.98 Å². The highest BCUT2D eigenvalue weighted by Gasteiger charge is 2.17. The Hall–Kier alpha value is -1.49. The summed E-state index contributed by atoms with van der Waals surface area (Å²) in [5.41, 5.74) is 0.216. The average Bonchev–Trinajstić information content (AvgIpc) is 2.56. The molecule has 0 aromatic carbocycles. The Kier molecular flexibility index (Phi) is 8.02. The number of hydrogen-bond donors (Lipinski definition) is 6. The first-order chi connectivity index (χ1) is 10.5. The number of nitrogens with zero attached hydrogens (tertiary/aromatic N) is 3. The van der Waals surface area contributed by atoms with Crippen molar-refractivity contribution in [3.05, 3.63) is 18.3 Å². The van der Waals surface area contributed by atoms with Crippen LogP contribution in [0.2, 0.25) is 0 Å². The highest BCUT2D eigenvalue weighted by Crippen LogP contribution is 2.25. The molecule has 126 valence electrons. The van der Waals surface area contributed by atoms with Crippen LogP contribution in [0.15, 0.2) is 18.3 Å². The quantitative estimate of drug-likeness (QED) is 0.298. The minimum atomic E-state index is -0.952. The molecular weight excluding hydrogens is 294 g/mol. The summed E-state index contributed by atoms with van der Waals surface area (Å²) >= 11 is 0. The van der Waals surface area contributed by atoms with Gasteiger partial charge in [0.1, 0.15) is 5.69 Å². The third-order valence-electron chi connectivity index (χ3n) is 3.06. The number of aliphatic hydroxyl groups excluding tert-OH is 4. The van der Waals surface area contributed by atoms with Crippen molar-refractivity contribution in [3.63, 3.8) is 0 Å². The van der Waals surface area contributed by atoms with Gasteiger partial charge in [0.25, 0.3) is 0 Å². The molecule has 2 atom stereocenters. The first kappa shape index (κ1) is 18.6. The van der Waals surface area contributed by atoms with Gasteiger partial charge in [0, 0.05) is 19.3 Å². The highest BCUT2D eigenvalue weighted by atomic mass is 16.5. The SMILES string of the molecule is OCC(O)CCN(O)c1cccnc1N(O)CCC(O)CO. The molecule has 9 nitrogen and oxygen atoms in total. The molecule has 0 radical (unpaired) electrons. The minimum absolute atomic E-state index is 0.0127. The predicted octanol–water partition coefficient (Wildman–Crippen LogP) is -1.04. The normalized spacial score (nSPS) is 13.7. The third-order valence-corrected chi connectivity index (χ3v) is 3.06. The summed E-state index contributed by atoms with van der Waals surface area (Å²) in [5.74, 6) is 0.0774. The van der Waals surface area contributed by atoms with Gasteiger partial charge in [-0.3, -0.25) is 15.5 Å². The lowest BCUT2D eigenvalue weighted by Gasteiger charge is -2.24. The van der Waals surface area contributed by atoms with Gasteiger partial charge in [-0.2, -0.15) is 0 Å². The number of aromatic nitrogens is 1. The highest BCUT2D eigenvalue weighted by molar-refractivity contribution is 5.64. The first-order valence-corrected chi connectivity index (χ1v) is 6.95. The van der Waals surface area contributed by atoms with E-state index in [4.69, 9.17) is 10.2 Å². The van der Waals surface area contributed by atoms with E-state index in [1.54, 1.807) is 6.07 Å². The molecule has 0 saturated heterocycles. The van der Waals surface area contributed by atoms with Crippen LogP contribution in [0.1, 0.15) is 12.8 Å². The van der Waals surface area contributed by atoms with Crippen molar-refractivity contribution in [2.24, 2.45) is 0 Å². The smallest absolute Gasteiger partial charge is 0.178 e. The molecule has 6 N–H and O–H groups in total. The molecule has 0 aliphatic heterocycles. The van der Waals surface area contributed by atoms with Gasteiger partial charge in [-0.05, 0) is 25.0 Å². The summed E-state index contributed by atoms with van der Waals surface area (Å²) in [4.78, 5) is 3.97. The van der Waals surface area contributed by atoms with Crippen molar-refractivity contribution < 1.29 is 30.8 Å². The van der Waals surface area contributed by atoms with Gasteiger partial charge in [-0.15, -0.1) is 0 Å². The summed E-state index contributed by atoms with van der Waals surface area (Å²) in [7, 11) is 0. The Balaban J connectivity index is 2.71. The van der Waals surface area contributed by atoms with Crippen LogP contribution in [-0.4, -0.2) is 74.3 Å². The lowest BCUT2D eigenvalue weighted by Crippen LogP contribution is -2.30. The Morgan fingerprint density at radius 3 is 2.05 bits per heavy atom. The number of rotatable bonds is 10. The van der Waals surface area contributed by atoms with Crippen LogP contribution in [0.5, 0.6) is 0 Å². The molecule has 1 heterocycles. The Morgan fingerprint density at radius 1 is 0.955 bits per heavy atom. The number of hydroxylamine groups is 2. The van der Waals surface area contributed by atoms with E-state index in [9.17, 15) is 20.6 Å². The Labute approximate surface area is 128 Å². The molecule has 0 bridgehead atoms. The van der Waals surface area contributed by atoms with Crippen molar-refractivity contribution in [1.29, 1.82) is 0 Å². The lowest BCUT2D eigenvalue weighted by molar-refractivity contribution is 0.0826. The number of pyridine rings is 1. The van der Waals surface area contributed by atoms with Crippen molar-refractivity contribution >= 4 is 11.5 Å². The second kappa shape index (κ2) is 9.51. The predicted molar refractivity (Wildman–Crippen MR) is 77.9 cm³/mol. The summed E-state index contributed by atoms with van der Waals surface area (Å²) < 4.78 is 0. The standard InChI is InChI=1S/C13H23N3O6/c17-8-10(19)3-6-15(21)12-2-1-5-14-13(12)16(22)7-4-11(20)9-18/h1-2,5,10-11,17-22H,3-4,6-9H2. The van der Waals surface area contributed by atoms with Crippen LogP contribution in [0.3, 0.4) is 0 Å². The Morgan fingerprint density at radius 2 is 1.50 bits per heavy atom. The summed E-state index contributed by atoms with van der Waals surface area (Å²) in [6.45, 7) is -0.765. The van der Waals surface area contributed by atoms with Crippen molar-refractivity contribution in [2.45, 2.75) is 25.0 Å². The van der Waals surface area contributed by atoms with Crippen LogP contribution in [-0.2, 0) is 0 Å². The molecule has 0 aliphatic carbocycles. The topological polar surface area (TPSA) is 141 Å². The summed E-state index contributed by atoms with van der Waals surface area (Å²) in [6, 6.07) is 3.10. The molecule has 9 heteroatoms. The summed E-state index contributed by atoms with van der Waals surface area (Å²) in [6.07, 6.45) is -0.208. The zero-order valence-electron chi connectivity index (χ0n) is 12.2. The molecular formula is C13H23N3O6.